The van der Waals surface area contributed by atoms with Gasteiger partial charge in [-0.05, 0) is 41.5 Å². The summed E-state index contributed by atoms with van der Waals surface area (Å²) in [5.74, 6) is 0.158. The molecule has 5 nitrogen and oxygen atoms in total. The van der Waals surface area contributed by atoms with Crippen LogP contribution in [-0.4, -0.2) is 33.7 Å². The van der Waals surface area contributed by atoms with E-state index in [1.807, 2.05) is 17.8 Å². The Balaban J connectivity index is 1.98. The number of rotatable bonds is 2. The number of nitrogens with zero attached hydrogens (tertiary/aromatic N) is 4. The first-order chi connectivity index (χ1) is 9.02. The van der Waals surface area contributed by atoms with Crippen LogP contribution < -0.4 is 0 Å². The highest BCUT2D eigenvalue weighted by Crippen LogP contribution is 2.28. The lowest BCUT2D eigenvalue weighted by molar-refractivity contribution is -0.127. The maximum atomic E-state index is 11.8. The Morgan fingerprint density at radius 1 is 1.58 bits per heavy atom. The van der Waals surface area contributed by atoms with E-state index >= 15 is 0 Å². The topological polar surface area (TPSA) is 61.9 Å². The molecule has 1 aromatic rings. The summed E-state index contributed by atoms with van der Waals surface area (Å²) in [5.41, 5.74) is 1.11. The first-order valence-electron chi connectivity index (χ1n) is 6.10. The predicted octanol–water partition coefficient (Wildman–Crippen LogP) is 1.81. The lowest BCUT2D eigenvalue weighted by Crippen LogP contribution is -2.38. The monoisotopic (exact) mass is 370 g/mol. The standard InChI is InChI=1S/C13H15IN4O/c1-9(8-15)13(19)18-5-3-10(4-6-18)11-7-12(14)17(2)16-11/h7,10H,1,3-6H2,2H3. The minimum atomic E-state index is -0.239. The van der Waals surface area contributed by atoms with Crippen molar-refractivity contribution in [3.05, 3.63) is 27.6 Å². The van der Waals surface area contributed by atoms with Gasteiger partial charge in [-0.15, -0.1) is 0 Å². The fraction of sp³-hybridized carbons (Fsp3) is 0.462. The Bertz CT molecular complexity index is 530. The Morgan fingerprint density at radius 3 is 2.68 bits per heavy atom. The molecule has 2 rings (SSSR count). The van der Waals surface area contributed by atoms with Gasteiger partial charge in [-0.2, -0.15) is 10.4 Å². The summed E-state index contributed by atoms with van der Waals surface area (Å²) < 4.78 is 2.98. The molecule has 6 heteroatoms. The molecule has 0 spiro atoms. The fourth-order valence-corrected chi connectivity index (χ4v) is 2.71. The van der Waals surface area contributed by atoms with E-state index < -0.39 is 0 Å². The van der Waals surface area contributed by atoms with Crippen molar-refractivity contribution < 1.29 is 4.79 Å². The minimum absolute atomic E-state index is 0.0193. The van der Waals surface area contributed by atoms with Crippen molar-refractivity contribution in [1.82, 2.24) is 14.7 Å². The van der Waals surface area contributed by atoms with E-state index in [1.54, 1.807) is 4.90 Å². The molecule has 1 saturated heterocycles. The second kappa shape index (κ2) is 5.74. The van der Waals surface area contributed by atoms with E-state index in [4.69, 9.17) is 5.26 Å². The summed E-state index contributed by atoms with van der Waals surface area (Å²) in [7, 11) is 1.93. The van der Waals surface area contributed by atoms with Crippen molar-refractivity contribution >= 4 is 28.5 Å². The molecular weight excluding hydrogens is 355 g/mol. The first-order valence-corrected chi connectivity index (χ1v) is 7.18. The number of aromatic nitrogens is 2. The normalized spacial score (nSPS) is 16.2. The van der Waals surface area contributed by atoms with Gasteiger partial charge in [0.25, 0.3) is 5.91 Å². The van der Waals surface area contributed by atoms with Crippen LogP contribution in [0.1, 0.15) is 24.5 Å². The minimum Gasteiger partial charge on any atom is -0.338 e. The number of aryl methyl sites for hydroxylation is 1. The van der Waals surface area contributed by atoms with Gasteiger partial charge in [0.05, 0.1) is 9.39 Å². The van der Waals surface area contributed by atoms with Crippen molar-refractivity contribution in [2.45, 2.75) is 18.8 Å². The third-order valence-electron chi connectivity index (χ3n) is 3.44. The summed E-state index contributed by atoms with van der Waals surface area (Å²) in [6.45, 7) is 4.80. The zero-order valence-electron chi connectivity index (χ0n) is 10.8. The van der Waals surface area contributed by atoms with E-state index in [1.165, 1.54) is 0 Å². The van der Waals surface area contributed by atoms with E-state index in [-0.39, 0.29) is 11.5 Å². The molecule has 1 amide bonds. The number of hydrogen-bond donors (Lipinski definition) is 0. The highest BCUT2D eigenvalue weighted by molar-refractivity contribution is 14.1. The molecule has 0 aromatic carbocycles. The predicted molar refractivity (Wildman–Crippen MR) is 79.2 cm³/mol. The number of carbonyl (C=O) groups excluding carboxylic acids is 1. The van der Waals surface area contributed by atoms with E-state index in [0.717, 1.165) is 22.2 Å². The molecule has 2 heterocycles. The van der Waals surface area contributed by atoms with E-state index in [9.17, 15) is 4.79 Å². The van der Waals surface area contributed by atoms with Crippen LogP contribution in [-0.2, 0) is 11.8 Å². The maximum absolute atomic E-state index is 11.8. The molecule has 1 aliphatic rings. The third kappa shape index (κ3) is 2.97. The molecule has 0 unspecified atom stereocenters. The third-order valence-corrected chi connectivity index (χ3v) is 4.44. The van der Waals surface area contributed by atoms with Crippen LogP contribution in [0.25, 0.3) is 0 Å². The largest absolute Gasteiger partial charge is 0.338 e. The van der Waals surface area contributed by atoms with Crippen LogP contribution >= 0.6 is 22.6 Å². The average Bonchev–Trinajstić information content (AvgIpc) is 2.77. The SMILES string of the molecule is C=C(C#N)C(=O)N1CCC(c2cc(I)n(C)n2)CC1. The molecule has 0 aliphatic carbocycles. The zero-order valence-corrected chi connectivity index (χ0v) is 12.9. The maximum Gasteiger partial charge on any atom is 0.263 e. The lowest BCUT2D eigenvalue weighted by atomic mass is 9.93. The summed E-state index contributed by atoms with van der Waals surface area (Å²) in [4.78, 5) is 13.5. The van der Waals surface area contributed by atoms with Crippen LogP contribution in [0, 0.1) is 15.0 Å². The number of carbonyl (C=O) groups is 1. The number of nitriles is 1. The van der Waals surface area contributed by atoms with Gasteiger partial charge in [0.2, 0.25) is 0 Å². The van der Waals surface area contributed by atoms with E-state index in [2.05, 4.69) is 40.3 Å². The first kappa shape index (κ1) is 14.1. The number of piperidine rings is 1. The number of halogens is 1. The molecule has 0 radical (unpaired) electrons. The van der Waals surface area contributed by atoms with Gasteiger partial charge < -0.3 is 4.90 Å². The summed E-state index contributed by atoms with van der Waals surface area (Å²) >= 11 is 2.26. The summed E-state index contributed by atoms with van der Waals surface area (Å²) in [6.07, 6.45) is 1.77. The van der Waals surface area contributed by atoms with Gasteiger partial charge in [-0.25, -0.2) is 0 Å². The van der Waals surface area contributed by atoms with E-state index in [0.29, 0.717) is 19.0 Å². The number of amides is 1. The molecule has 1 aliphatic heterocycles. The molecule has 1 fully saturated rings. The second-order valence-electron chi connectivity index (χ2n) is 4.67. The van der Waals surface area contributed by atoms with Crippen LogP contribution in [0.5, 0.6) is 0 Å². The van der Waals surface area contributed by atoms with Crippen LogP contribution in [0.3, 0.4) is 0 Å². The van der Waals surface area contributed by atoms with Gasteiger partial charge in [0.15, 0.2) is 0 Å². The Labute approximate surface area is 126 Å². The van der Waals surface area contributed by atoms with Crippen molar-refractivity contribution in [3.8, 4) is 6.07 Å². The average molecular weight is 370 g/mol. The molecule has 19 heavy (non-hydrogen) atoms. The molecule has 100 valence electrons. The fourth-order valence-electron chi connectivity index (χ4n) is 2.28. The number of hydrogen-bond acceptors (Lipinski definition) is 3. The highest BCUT2D eigenvalue weighted by Gasteiger charge is 2.26. The lowest BCUT2D eigenvalue weighted by Gasteiger charge is -2.30. The van der Waals surface area contributed by atoms with Crippen LogP contribution in [0.15, 0.2) is 18.2 Å². The van der Waals surface area contributed by atoms with Crippen molar-refractivity contribution in [1.29, 1.82) is 5.26 Å². The van der Waals surface area contributed by atoms with Gasteiger partial charge in [0.1, 0.15) is 11.6 Å². The van der Waals surface area contributed by atoms with Gasteiger partial charge >= 0.3 is 0 Å². The van der Waals surface area contributed by atoms with Crippen LogP contribution in [0.2, 0.25) is 0 Å². The highest BCUT2D eigenvalue weighted by atomic mass is 127. The quantitative estimate of drug-likeness (QED) is 0.453. The van der Waals surface area contributed by atoms with Crippen LogP contribution in [0.4, 0.5) is 0 Å². The molecule has 0 atom stereocenters. The summed E-state index contributed by atoms with van der Waals surface area (Å²) in [6, 6.07) is 3.91. The molecule has 0 bridgehead atoms. The van der Waals surface area contributed by atoms with Crippen molar-refractivity contribution in [2.75, 3.05) is 13.1 Å². The molecular formula is C13H15IN4O. The van der Waals surface area contributed by atoms with Crippen molar-refractivity contribution in [2.24, 2.45) is 7.05 Å². The number of likely N-dealkylation sites (tertiary alicyclic amines) is 1. The second-order valence-corrected chi connectivity index (χ2v) is 5.78. The Morgan fingerprint density at radius 2 is 2.21 bits per heavy atom. The smallest absolute Gasteiger partial charge is 0.263 e. The summed E-state index contributed by atoms with van der Waals surface area (Å²) in [5, 5.41) is 13.2. The zero-order chi connectivity index (χ0) is 14.0. The Hall–Kier alpha value is -1.36. The van der Waals surface area contributed by atoms with Gasteiger partial charge in [0, 0.05) is 26.1 Å². The molecule has 0 N–H and O–H groups in total. The molecule has 0 saturated carbocycles. The van der Waals surface area contributed by atoms with Gasteiger partial charge in [-0.1, -0.05) is 6.58 Å². The van der Waals surface area contributed by atoms with Crippen molar-refractivity contribution in [3.63, 3.8) is 0 Å². The Kier molecular flexibility index (Phi) is 4.24. The van der Waals surface area contributed by atoms with Gasteiger partial charge in [-0.3, -0.25) is 9.48 Å². The molecule has 1 aromatic heterocycles.